The van der Waals surface area contributed by atoms with E-state index in [2.05, 4.69) is 22.4 Å². The Labute approximate surface area is 179 Å². The Kier molecular flexibility index (Phi) is 5.99. The van der Waals surface area contributed by atoms with Crippen LogP contribution in [0.4, 0.5) is 4.79 Å². The molecule has 0 saturated carbocycles. The number of aromatic nitrogens is 1. The number of fused-ring (bicyclic) bond motifs is 3. The predicted molar refractivity (Wildman–Crippen MR) is 113 cm³/mol. The number of aliphatic hydroxyl groups excluding tert-OH is 2. The smallest absolute Gasteiger partial charge is 0.407 e. The van der Waals surface area contributed by atoms with Gasteiger partial charge in [0.05, 0.1) is 5.69 Å². The molecular formula is C23H21ClN2O4. The van der Waals surface area contributed by atoms with Crippen molar-refractivity contribution >= 4 is 17.7 Å². The maximum absolute atomic E-state index is 12.2. The number of aliphatic hydroxyl groups is 2. The zero-order chi connectivity index (χ0) is 21.1. The quantitative estimate of drug-likeness (QED) is 0.525. The number of nitrogens with one attached hydrogen (secondary N) is 1. The lowest BCUT2D eigenvalue weighted by Gasteiger charge is -2.19. The fourth-order valence-corrected chi connectivity index (χ4v) is 3.91. The summed E-state index contributed by atoms with van der Waals surface area (Å²) in [6, 6.07) is 20.9. The average Bonchev–Trinajstić information content (AvgIpc) is 3.09. The maximum Gasteiger partial charge on any atom is 0.407 e. The number of ether oxygens (including phenoxy) is 1. The number of rotatable bonds is 6. The molecule has 0 saturated heterocycles. The molecule has 1 amide bonds. The SMILES string of the molecule is O=C(NCC(O)C(O)c1cccc(Cl)n1)OCC1c2ccccc2-c2ccccc21. The summed E-state index contributed by atoms with van der Waals surface area (Å²) in [6.45, 7) is -0.0135. The standard InChI is InChI=1S/C23H21ClN2O4/c24-21-11-5-10-19(26-21)22(28)20(27)12-25-23(29)30-13-18-16-8-3-1-6-14(16)15-7-2-4-9-17(15)18/h1-11,18,20,22,27-28H,12-13H2,(H,25,29). The Balaban J connectivity index is 1.34. The van der Waals surface area contributed by atoms with Crippen molar-refractivity contribution in [2.45, 2.75) is 18.1 Å². The number of hydrogen-bond donors (Lipinski definition) is 3. The Morgan fingerprint density at radius 1 is 1.00 bits per heavy atom. The van der Waals surface area contributed by atoms with Crippen molar-refractivity contribution in [3.05, 3.63) is 88.7 Å². The molecule has 2 aromatic carbocycles. The van der Waals surface area contributed by atoms with Gasteiger partial charge in [-0.2, -0.15) is 0 Å². The lowest BCUT2D eigenvalue weighted by Crippen LogP contribution is -2.36. The van der Waals surface area contributed by atoms with Crippen molar-refractivity contribution in [2.75, 3.05) is 13.2 Å². The van der Waals surface area contributed by atoms with Crippen LogP contribution in [0.3, 0.4) is 0 Å². The molecule has 2 unspecified atom stereocenters. The number of carbonyl (C=O) groups is 1. The van der Waals surface area contributed by atoms with E-state index in [9.17, 15) is 15.0 Å². The van der Waals surface area contributed by atoms with E-state index in [-0.39, 0.29) is 29.9 Å². The highest BCUT2D eigenvalue weighted by Gasteiger charge is 2.29. The molecule has 3 N–H and O–H groups in total. The number of alkyl carbamates (subject to hydrolysis) is 1. The summed E-state index contributed by atoms with van der Waals surface area (Å²) in [5, 5.41) is 23.0. The molecule has 1 aliphatic rings. The molecule has 154 valence electrons. The van der Waals surface area contributed by atoms with E-state index < -0.39 is 18.3 Å². The molecule has 1 heterocycles. The van der Waals surface area contributed by atoms with Crippen molar-refractivity contribution in [3.8, 4) is 11.1 Å². The molecule has 30 heavy (non-hydrogen) atoms. The molecular weight excluding hydrogens is 404 g/mol. The van der Waals surface area contributed by atoms with E-state index in [1.54, 1.807) is 18.2 Å². The summed E-state index contributed by atoms with van der Waals surface area (Å²) in [5.41, 5.74) is 4.76. The van der Waals surface area contributed by atoms with Crippen molar-refractivity contribution in [1.82, 2.24) is 10.3 Å². The van der Waals surface area contributed by atoms with Gasteiger partial charge in [0.2, 0.25) is 0 Å². The van der Waals surface area contributed by atoms with Gasteiger partial charge in [0.25, 0.3) is 0 Å². The summed E-state index contributed by atoms with van der Waals surface area (Å²) in [6.07, 6.45) is -3.20. The number of carbonyl (C=O) groups excluding carboxylic acids is 1. The highest BCUT2D eigenvalue weighted by atomic mass is 35.5. The van der Waals surface area contributed by atoms with Gasteiger partial charge in [0.15, 0.2) is 0 Å². The number of pyridine rings is 1. The van der Waals surface area contributed by atoms with E-state index in [0.29, 0.717) is 0 Å². The molecule has 6 nitrogen and oxygen atoms in total. The van der Waals surface area contributed by atoms with Gasteiger partial charge in [0.1, 0.15) is 24.0 Å². The van der Waals surface area contributed by atoms with Crippen molar-refractivity contribution in [3.63, 3.8) is 0 Å². The molecule has 1 aromatic heterocycles. The van der Waals surface area contributed by atoms with Gasteiger partial charge in [-0.05, 0) is 34.4 Å². The van der Waals surface area contributed by atoms with Gasteiger partial charge in [0, 0.05) is 12.5 Å². The minimum atomic E-state index is -1.28. The summed E-state index contributed by atoms with van der Waals surface area (Å²) < 4.78 is 5.42. The van der Waals surface area contributed by atoms with Crippen LogP contribution in [-0.2, 0) is 4.74 Å². The maximum atomic E-state index is 12.2. The van der Waals surface area contributed by atoms with Crippen molar-refractivity contribution in [1.29, 1.82) is 0 Å². The van der Waals surface area contributed by atoms with Crippen LogP contribution in [0.1, 0.15) is 28.8 Å². The third-order valence-corrected chi connectivity index (χ3v) is 5.41. The molecule has 0 spiro atoms. The molecule has 0 fully saturated rings. The third-order valence-electron chi connectivity index (χ3n) is 5.20. The van der Waals surface area contributed by atoms with E-state index in [1.165, 1.54) is 0 Å². The fraction of sp³-hybridized carbons (Fsp3) is 0.217. The fourth-order valence-electron chi connectivity index (χ4n) is 3.73. The van der Waals surface area contributed by atoms with Gasteiger partial charge in [-0.1, -0.05) is 66.2 Å². The van der Waals surface area contributed by atoms with Crippen LogP contribution in [0.25, 0.3) is 11.1 Å². The Bertz CT molecular complexity index is 1010. The van der Waals surface area contributed by atoms with E-state index in [4.69, 9.17) is 16.3 Å². The second kappa shape index (κ2) is 8.83. The van der Waals surface area contributed by atoms with Gasteiger partial charge < -0.3 is 20.3 Å². The first-order chi connectivity index (χ1) is 14.5. The van der Waals surface area contributed by atoms with E-state index in [0.717, 1.165) is 22.3 Å². The lowest BCUT2D eigenvalue weighted by atomic mass is 9.98. The molecule has 2 atom stereocenters. The van der Waals surface area contributed by atoms with Crippen molar-refractivity contribution < 1.29 is 19.7 Å². The van der Waals surface area contributed by atoms with Crippen LogP contribution in [-0.4, -0.2) is 40.5 Å². The number of nitrogens with zero attached hydrogens (tertiary/aromatic N) is 1. The lowest BCUT2D eigenvalue weighted by molar-refractivity contribution is 0.0161. The third kappa shape index (κ3) is 4.16. The van der Waals surface area contributed by atoms with E-state index >= 15 is 0 Å². The summed E-state index contributed by atoms with van der Waals surface area (Å²) in [5.74, 6) is -0.0469. The summed E-state index contributed by atoms with van der Waals surface area (Å²) in [4.78, 5) is 16.1. The Hall–Kier alpha value is -2.93. The number of benzene rings is 2. The number of halogens is 1. The minimum Gasteiger partial charge on any atom is -0.449 e. The first kappa shape index (κ1) is 20.3. The number of hydrogen-bond acceptors (Lipinski definition) is 5. The first-order valence-corrected chi connectivity index (χ1v) is 10.00. The highest BCUT2D eigenvalue weighted by Crippen LogP contribution is 2.44. The van der Waals surface area contributed by atoms with Crippen LogP contribution in [0.5, 0.6) is 0 Å². The topological polar surface area (TPSA) is 91.7 Å². The van der Waals surface area contributed by atoms with Crippen LogP contribution in [0.15, 0.2) is 66.7 Å². The molecule has 0 bridgehead atoms. The first-order valence-electron chi connectivity index (χ1n) is 9.62. The minimum absolute atomic E-state index is 0.0469. The van der Waals surface area contributed by atoms with Gasteiger partial charge in [-0.25, -0.2) is 9.78 Å². The molecule has 1 aliphatic carbocycles. The molecule has 0 radical (unpaired) electrons. The average molecular weight is 425 g/mol. The molecule has 4 rings (SSSR count). The molecule has 3 aromatic rings. The van der Waals surface area contributed by atoms with Gasteiger partial charge in [-0.15, -0.1) is 0 Å². The number of amides is 1. The van der Waals surface area contributed by atoms with Gasteiger partial charge in [-0.3, -0.25) is 0 Å². The van der Waals surface area contributed by atoms with Crippen LogP contribution in [0, 0.1) is 0 Å². The Morgan fingerprint density at radius 2 is 1.63 bits per heavy atom. The molecule has 7 heteroatoms. The zero-order valence-electron chi connectivity index (χ0n) is 16.0. The van der Waals surface area contributed by atoms with Crippen molar-refractivity contribution in [2.24, 2.45) is 0 Å². The zero-order valence-corrected chi connectivity index (χ0v) is 16.8. The summed E-state index contributed by atoms with van der Waals surface area (Å²) >= 11 is 5.80. The van der Waals surface area contributed by atoms with Crippen LogP contribution >= 0.6 is 11.6 Å². The predicted octanol–water partition coefficient (Wildman–Crippen LogP) is 3.67. The van der Waals surface area contributed by atoms with Crippen LogP contribution < -0.4 is 5.32 Å². The normalized spacial score (nSPS) is 14.5. The van der Waals surface area contributed by atoms with Gasteiger partial charge >= 0.3 is 6.09 Å². The highest BCUT2D eigenvalue weighted by molar-refractivity contribution is 6.29. The summed E-state index contributed by atoms with van der Waals surface area (Å²) in [7, 11) is 0. The second-order valence-electron chi connectivity index (χ2n) is 7.10. The second-order valence-corrected chi connectivity index (χ2v) is 7.49. The molecule has 0 aliphatic heterocycles. The van der Waals surface area contributed by atoms with E-state index in [1.807, 2.05) is 36.4 Å². The Morgan fingerprint density at radius 3 is 2.27 bits per heavy atom. The largest absolute Gasteiger partial charge is 0.449 e. The monoisotopic (exact) mass is 424 g/mol. The van der Waals surface area contributed by atoms with Crippen LogP contribution in [0.2, 0.25) is 5.15 Å².